The minimum Gasteiger partial charge on any atom is -0.311 e. The van der Waals surface area contributed by atoms with Crippen molar-refractivity contribution < 1.29 is 0 Å². The lowest BCUT2D eigenvalue weighted by atomic mass is 10.2. The van der Waals surface area contributed by atoms with Gasteiger partial charge in [0.25, 0.3) is 5.56 Å². The van der Waals surface area contributed by atoms with Crippen LogP contribution in [0.3, 0.4) is 0 Å². The van der Waals surface area contributed by atoms with E-state index >= 15 is 0 Å². The fraction of sp³-hybridized carbons (Fsp3) is 0.462. The predicted octanol–water partition coefficient (Wildman–Crippen LogP) is 0.684. The van der Waals surface area contributed by atoms with Gasteiger partial charge in [0.05, 0.1) is 6.20 Å². The first kappa shape index (κ1) is 13.5. The number of aryl methyl sites for hydroxylation is 1. The van der Waals surface area contributed by atoms with E-state index in [0.29, 0.717) is 30.2 Å². The molecule has 0 aliphatic rings. The van der Waals surface area contributed by atoms with E-state index in [4.69, 9.17) is 0 Å². The number of nitrogens with one attached hydrogen (secondary N) is 1. The molecule has 0 saturated heterocycles. The van der Waals surface area contributed by atoms with Gasteiger partial charge < -0.3 is 5.32 Å². The van der Waals surface area contributed by atoms with Crippen molar-refractivity contribution >= 4 is 11.0 Å². The van der Waals surface area contributed by atoms with Crippen LogP contribution >= 0.6 is 0 Å². The molecule has 0 spiro atoms. The topological polar surface area (TPSA) is 64.7 Å². The lowest BCUT2D eigenvalue weighted by Crippen LogP contribution is -2.28. The molecular formula is C13H19N5O. The maximum atomic E-state index is 12.2. The highest BCUT2D eigenvalue weighted by Crippen LogP contribution is 2.04. The minimum atomic E-state index is -0.0798. The summed E-state index contributed by atoms with van der Waals surface area (Å²) in [5.41, 5.74) is 1.47. The van der Waals surface area contributed by atoms with Crippen LogP contribution in [0.2, 0.25) is 0 Å². The summed E-state index contributed by atoms with van der Waals surface area (Å²) in [5.74, 6) is 0. The number of fused-ring (bicyclic) bond motifs is 1. The van der Waals surface area contributed by atoms with Gasteiger partial charge in [-0.2, -0.15) is 5.10 Å². The third-order valence-electron chi connectivity index (χ3n) is 2.87. The summed E-state index contributed by atoms with van der Waals surface area (Å²) in [6.07, 6.45) is 3.10. The molecule has 0 aliphatic heterocycles. The Kier molecular flexibility index (Phi) is 3.80. The van der Waals surface area contributed by atoms with E-state index in [-0.39, 0.29) is 5.56 Å². The smallest absolute Gasteiger partial charge is 0.264 e. The van der Waals surface area contributed by atoms with Crippen molar-refractivity contribution in [1.82, 2.24) is 24.6 Å². The van der Waals surface area contributed by atoms with Crippen LogP contribution in [-0.4, -0.2) is 31.9 Å². The number of aromatic nitrogens is 4. The lowest BCUT2D eigenvalue weighted by Gasteiger charge is -2.11. The second kappa shape index (κ2) is 5.36. The number of hydrogen-bond acceptors (Lipinski definition) is 4. The van der Waals surface area contributed by atoms with Gasteiger partial charge in [-0.1, -0.05) is 20.4 Å². The maximum absolute atomic E-state index is 12.2. The van der Waals surface area contributed by atoms with Crippen LogP contribution in [0.15, 0.2) is 29.5 Å². The molecule has 0 atom stereocenters. The van der Waals surface area contributed by atoms with E-state index in [0.717, 1.165) is 5.57 Å². The highest BCUT2D eigenvalue weighted by molar-refractivity contribution is 5.72. The Morgan fingerprint density at radius 3 is 2.95 bits per heavy atom. The van der Waals surface area contributed by atoms with Crippen LogP contribution in [0.1, 0.15) is 13.8 Å². The largest absolute Gasteiger partial charge is 0.311 e. The predicted molar refractivity (Wildman–Crippen MR) is 75.0 cm³/mol. The van der Waals surface area contributed by atoms with E-state index in [1.54, 1.807) is 28.8 Å². The van der Waals surface area contributed by atoms with E-state index < -0.39 is 0 Å². The van der Waals surface area contributed by atoms with E-state index in [9.17, 15) is 4.79 Å². The molecule has 6 heteroatoms. The summed E-state index contributed by atoms with van der Waals surface area (Å²) in [4.78, 5) is 16.5. The molecule has 0 amide bonds. The van der Waals surface area contributed by atoms with Crippen molar-refractivity contribution in [3.63, 3.8) is 0 Å². The third kappa shape index (κ3) is 2.90. The van der Waals surface area contributed by atoms with Crippen LogP contribution in [0, 0.1) is 0 Å². The second-order valence-electron chi connectivity index (χ2n) is 4.97. The highest BCUT2D eigenvalue weighted by atomic mass is 16.1. The zero-order chi connectivity index (χ0) is 14.0. The van der Waals surface area contributed by atoms with Gasteiger partial charge in [0.1, 0.15) is 11.7 Å². The van der Waals surface area contributed by atoms with Crippen molar-refractivity contribution in [2.75, 3.05) is 6.54 Å². The zero-order valence-electron chi connectivity index (χ0n) is 11.6. The molecule has 0 unspecified atom stereocenters. The molecule has 19 heavy (non-hydrogen) atoms. The van der Waals surface area contributed by atoms with Gasteiger partial charge >= 0.3 is 0 Å². The second-order valence-corrected chi connectivity index (χ2v) is 4.97. The molecule has 2 aromatic heterocycles. The summed E-state index contributed by atoms with van der Waals surface area (Å²) < 4.78 is 3.16. The van der Waals surface area contributed by atoms with Gasteiger partial charge in [-0.15, -0.1) is 0 Å². The Bertz CT molecular complexity index is 653. The van der Waals surface area contributed by atoms with Crippen LogP contribution < -0.4 is 10.9 Å². The Hall–Kier alpha value is -1.95. The fourth-order valence-electron chi connectivity index (χ4n) is 1.82. The van der Waals surface area contributed by atoms with Gasteiger partial charge in [-0.25, -0.2) is 4.98 Å². The summed E-state index contributed by atoms with van der Waals surface area (Å²) in [6.45, 7) is 9.28. The van der Waals surface area contributed by atoms with Crippen molar-refractivity contribution in [2.45, 2.75) is 26.4 Å². The maximum Gasteiger partial charge on any atom is 0.264 e. The van der Waals surface area contributed by atoms with Gasteiger partial charge in [-0.05, 0) is 5.57 Å². The Balaban J connectivity index is 2.20. The zero-order valence-corrected chi connectivity index (χ0v) is 11.6. The average molecular weight is 261 g/mol. The fourth-order valence-corrected chi connectivity index (χ4v) is 1.82. The quantitative estimate of drug-likeness (QED) is 0.804. The molecule has 0 saturated carbocycles. The number of hydrogen-bond donors (Lipinski definition) is 1. The molecule has 0 bridgehead atoms. The molecule has 2 heterocycles. The van der Waals surface area contributed by atoms with E-state index in [2.05, 4.69) is 35.8 Å². The summed E-state index contributed by atoms with van der Waals surface area (Å²) in [7, 11) is 1.77. The lowest BCUT2D eigenvalue weighted by molar-refractivity contribution is 0.599. The van der Waals surface area contributed by atoms with Crippen LogP contribution in [0.25, 0.3) is 11.0 Å². The molecule has 2 rings (SSSR count). The van der Waals surface area contributed by atoms with Crippen molar-refractivity contribution in [3.8, 4) is 0 Å². The van der Waals surface area contributed by atoms with Gasteiger partial charge in [-0.3, -0.25) is 14.0 Å². The van der Waals surface area contributed by atoms with Crippen LogP contribution in [0.4, 0.5) is 0 Å². The molecule has 0 radical (unpaired) electrons. The first-order chi connectivity index (χ1) is 8.99. The van der Waals surface area contributed by atoms with Crippen molar-refractivity contribution in [3.05, 3.63) is 35.0 Å². The molecule has 6 nitrogen and oxygen atoms in total. The first-order valence-electron chi connectivity index (χ1n) is 6.26. The standard InChI is InChI=1S/C13H19N5O/c1-9(2)14-5-10(3)7-18-8-15-12-11(13(18)19)6-16-17(12)4/h6,8-9,14H,3,5,7H2,1-2,4H3. The van der Waals surface area contributed by atoms with E-state index in [1.807, 2.05) is 0 Å². The Morgan fingerprint density at radius 2 is 2.26 bits per heavy atom. The molecular weight excluding hydrogens is 242 g/mol. The minimum absolute atomic E-state index is 0.0798. The normalized spacial score (nSPS) is 11.4. The molecule has 0 aliphatic carbocycles. The molecule has 0 fully saturated rings. The number of rotatable bonds is 5. The van der Waals surface area contributed by atoms with E-state index in [1.165, 1.54) is 0 Å². The Labute approximate surface area is 111 Å². The molecule has 0 aromatic carbocycles. The Morgan fingerprint density at radius 1 is 1.53 bits per heavy atom. The summed E-state index contributed by atoms with van der Waals surface area (Å²) >= 11 is 0. The van der Waals surface area contributed by atoms with Gasteiger partial charge in [0.2, 0.25) is 0 Å². The van der Waals surface area contributed by atoms with Gasteiger partial charge in [0, 0.05) is 26.2 Å². The molecule has 102 valence electrons. The summed E-state index contributed by atoms with van der Waals surface area (Å²) in [6, 6.07) is 0.396. The SMILES string of the molecule is C=C(CNC(C)C)Cn1cnc2c(cnn2C)c1=O. The van der Waals surface area contributed by atoms with Crippen molar-refractivity contribution in [1.29, 1.82) is 0 Å². The van der Waals surface area contributed by atoms with Crippen molar-refractivity contribution in [2.24, 2.45) is 7.05 Å². The average Bonchev–Trinajstić information content (AvgIpc) is 2.73. The van der Waals surface area contributed by atoms with Gasteiger partial charge in [0.15, 0.2) is 5.65 Å². The highest BCUT2D eigenvalue weighted by Gasteiger charge is 2.08. The third-order valence-corrected chi connectivity index (χ3v) is 2.87. The molecule has 1 N–H and O–H groups in total. The van der Waals surface area contributed by atoms with Crippen LogP contribution in [0.5, 0.6) is 0 Å². The molecule has 2 aromatic rings. The first-order valence-corrected chi connectivity index (χ1v) is 6.26. The van der Waals surface area contributed by atoms with Crippen LogP contribution in [-0.2, 0) is 13.6 Å². The summed E-state index contributed by atoms with van der Waals surface area (Å²) in [5, 5.41) is 7.85. The number of nitrogens with zero attached hydrogens (tertiary/aromatic N) is 4. The monoisotopic (exact) mass is 261 g/mol.